The molecular formula is C24H28N6O2S. The molecule has 8 nitrogen and oxygen atoms in total. The molecule has 33 heavy (non-hydrogen) atoms. The highest BCUT2D eigenvalue weighted by molar-refractivity contribution is 7.89. The van der Waals surface area contributed by atoms with Gasteiger partial charge in [-0.2, -0.15) is 0 Å². The van der Waals surface area contributed by atoms with Crippen molar-refractivity contribution in [1.29, 1.82) is 0 Å². The van der Waals surface area contributed by atoms with E-state index in [-0.39, 0.29) is 18.2 Å². The quantitative estimate of drug-likeness (QED) is 0.313. The SMILES string of the molecule is CCCS(=O)(=O)NCCc1nc(NCC(c2ccccc2)c2ccccc2)c2[nH]cnc2n1. The molecule has 0 saturated heterocycles. The summed E-state index contributed by atoms with van der Waals surface area (Å²) in [5.74, 6) is 1.43. The van der Waals surface area contributed by atoms with Crippen LogP contribution in [0.15, 0.2) is 67.0 Å². The van der Waals surface area contributed by atoms with Crippen LogP contribution >= 0.6 is 0 Å². The molecule has 0 aliphatic heterocycles. The summed E-state index contributed by atoms with van der Waals surface area (Å²) in [6.07, 6.45) is 2.54. The van der Waals surface area contributed by atoms with Crippen molar-refractivity contribution in [3.05, 3.63) is 83.9 Å². The van der Waals surface area contributed by atoms with E-state index >= 15 is 0 Å². The first-order chi connectivity index (χ1) is 16.1. The summed E-state index contributed by atoms with van der Waals surface area (Å²) < 4.78 is 26.5. The second-order valence-corrected chi connectivity index (χ2v) is 9.73. The molecule has 0 aliphatic carbocycles. The smallest absolute Gasteiger partial charge is 0.211 e. The van der Waals surface area contributed by atoms with E-state index in [1.807, 2.05) is 43.3 Å². The molecule has 0 aliphatic rings. The second-order valence-electron chi connectivity index (χ2n) is 7.81. The van der Waals surface area contributed by atoms with Gasteiger partial charge < -0.3 is 10.3 Å². The lowest BCUT2D eigenvalue weighted by molar-refractivity contribution is 0.579. The van der Waals surface area contributed by atoms with Crippen molar-refractivity contribution in [3.8, 4) is 0 Å². The van der Waals surface area contributed by atoms with Gasteiger partial charge in [-0.05, 0) is 17.5 Å². The van der Waals surface area contributed by atoms with E-state index in [2.05, 4.69) is 54.2 Å². The number of imidazole rings is 1. The Balaban J connectivity index is 1.54. The molecule has 0 radical (unpaired) electrons. The van der Waals surface area contributed by atoms with E-state index in [0.717, 1.165) is 5.52 Å². The number of benzene rings is 2. The minimum Gasteiger partial charge on any atom is -0.367 e. The molecule has 0 amide bonds. The standard InChI is InChI=1S/C24H28N6O2S/c1-2-15-33(31,32)28-14-13-21-29-23(22-24(30-21)27-17-26-22)25-16-20(18-9-5-3-6-10-18)19-11-7-4-8-12-19/h3-12,17,20,28H,2,13-16H2,1H3,(H2,25,26,27,29,30). The number of nitrogens with one attached hydrogen (secondary N) is 3. The number of aromatic amines is 1. The van der Waals surface area contributed by atoms with Crippen LogP contribution in [0.4, 0.5) is 5.82 Å². The van der Waals surface area contributed by atoms with Crippen LogP contribution in [0.1, 0.15) is 36.2 Å². The second kappa shape index (κ2) is 10.5. The Morgan fingerprint density at radius 2 is 1.64 bits per heavy atom. The number of nitrogens with zero attached hydrogens (tertiary/aromatic N) is 3. The number of aromatic nitrogens is 4. The predicted molar refractivity (Wildman–Crippen MR) is 131 cm³/mol. The highest BCUT2D eigenvalue weighted by atomic mass is 32.2. The Hall–Kier alpha value is -3.30. The van der Waals surface area contributed by atoms with Crippen LogP contribution in [-0.2, 0) is 16.4 Å². The lowest BCUT2D eigenvalue weighted by atomic mass is 9.91. The van der Waals surface area contributed by atoms with Crippen LogP contribution in [0.3, 0.4) is 0 Å². The highest BCUT2D eigenvalue weighted by Crippen LogP contribution is 2.26. The summed E-state index contributed by atoms with van der Waals surface area (Å²) in [5.41, 5.74) is 3.69. The van der Waals surface area contributed by atoms with Crippen LogP contribution < -0.4 is 10.0 Å². The molecule has 0 atom stereocenters. The van der Waals surface area contributed by atoms with E-state index in [9.17, 15) is 8.42 Å². The molecule has 2 heterocycles. The van der Waals surface area contributed by atoms with Gasteiger partial charge in [-0.1, -0.05) is 67.6 Å². The number of H-pyrrole nitrogens is 1. The highest BCUT2D eigenvalue weighted by Gasteiger charge is 2.17. The van der Waals surface area contributed by atoms with Gasteiger partial charge in [0.05, 0.1) is 12.1 Å². The van der Waals surface area contributed by atoms with Crippen molar-refractivity contribution in [2.24, 2.45) is 0 Å². The van der Waals surface area contributed by atoms with E-state index < -0.39 is 10.0 Å². The van der Waals surface area contributed by atoms with Gasteiger partial charge in [0.25, 0.3) is 0 Å². The topological polar surface area (TPSA) is 113 Å². The summed E-state index contributed by atoms with van der Waals surface area (Å²) in [6.45, 7) is 2.71. The summed E-state index contributed by atoms with van der Waals surface area (Å²) in [4.78, 5) is 16.5. The van der Waals surface area contributed by atoms with Gasteiger partial charge in [-0.25, -0.2) is 28.1 Å². The van der Waals surface area contributed by atoms with Gasteiger partial charge >= 0.3 is 0 Å². The maximum atomic E-state index is 11.9. The predicted octanol–water partition coefficient (Wildman–Crippen LogP) is 3.47. The third kappa shape index (κ3) is 5.94. The lowest BCUT2D eigenvalue weighted by Crippen LogP contribution is -2.28. The maximum absolute atomic E-state index is 11.9. The Morgan fingerprint density at radius 3 is 2.27 bits per heavy atom. The number of fused-ring (bicyclic) bond motifs is 1. The van der Waals surface area contributed by atoms with Crippen LogP contribution in [0.25, 0.3) is 11.2 Å². The molecule has 0 bridgehead atoms. The van der Waals surface area contributed by atoms with Gasteiger partial charge in [-0.3, -0.25) is 0 Å². The van der Waals surface area contributed by atoms with E-state index in [1.54, 1.807) is 6.33 Å². The van der Waals surface area contributed by atoms with E-state index in [4.69, 9.17) is 0 Å². The molecule has 0 spiro atoms. The van der Waals surface area contributed by atoms with Crippen molar-refractivity contribution in [2.45, 2.75) is 25.7 Å². The zero-order valence-corrected chi connectivity index (χ0v) is 19.3. The molecule has 9 heteroatoms. The summed E-state index contributed by atoms with van der Waals surface area (Å²) in [7, 11) is -3.27. The van der Waals surface area contributed by atoms with Gasteiger partial charge in [0.2, 0.25) is 10.0 Å². The van der Waals surface area contributed by atoms with Gasteiger partial charge in [0, 0.05) is 25.4 Å². The Kier molecular flexibility index (Phi) is 7.31. The number of sulfonamides is 1. The van der Waals surface area contributed by atoms with Gasteiger partial charge in [-0.15, -0.1) is 0 Å². The summed E-state index contributed by atoms with van der Waals surface area (Å²) in [5, 5.41) is 3.48. The number of anilines is 1. The van der Waals surface area contributed by atoms with E-state index in [1.165, 1.54) is 11.1 Å². The zero-order chi connectivity index (χ0) is 23.1. The molecule has 4 rings (SSSR count). The molecule has 0 fully saturated rings. The third-order valence-electron chi connectivity index (χ3n) is 5.35. The van der Waals surface area contributed by atoms with E-state index in [0.29, 0.717) is 36.7 Å². The Bertz CT molecular complexity index is 1240. The average molecular weight is 465 g/mol. The number of rotatable bonds is 11. The third-order valence-corrected chi connectivity index (χ3v) is 6.94. The minimum atomic E-state index is -3.27. The molecular weight excluding hydrogens is 436 g/mol. The fourth-order valence-corrected chi connectivity index (χ4v) is 4.87. The monoisotopic (exact) mass is 464 g/mol. The van der Waals surface area contributed by atoms with Crippen molar-refractivity contribution in [1.82, 2.24) is 24.7 Å². The van der Waals surface area contributed by atoms with Gasteiger partial charge in [0.1, 0.15) is 11.3 Å². The van der Waals surface area contributed by atoms with Crippen LogP contribution in [-0.4, -0.2) is 47.2 Å². The Labute approximate surface area is 194 Å². The van der Waals surface area contributed by atoms with Crippen molar-refractivity contribution < 1.29 is 8.42 Å². The average Bonchev–Trinajstić information content (AvgIpc) is 3.29. The zero-order valence-electron chi connectivity index (χ0n) is 18.5. The van der Waals surface area contributed by atoms with Crippen LogP contribution in [0, 0.1) is 0 Å². The first kappa shape index (κ1) is 22.9. The maximum Gasteiger partial charge on any atom is 0.211 e. The molecule has 2 aromatic heterocycles. The van der Waals surface area contributed by atoms with Gasteiger partial charge in [0.15, 0.2) is 11.5 Å². The summed E-state index contributed by atoms with van der Waals surface area (Å²) >= 11 is 0. The van der Waals surface area contributed by atoms with Crippen molar-refractivity contribution in [3.63, 3.8) is 0 Å². The minimum absolute atomic E-state index is 0.111. The fraction of sp³-hybridized carbons (Fsp3) is 0.292. The molecule has 3 N–H and O–H groups in total. The van der Waals surface area contributed by atoms with Crippen LogP contribution in [0.2, 0.25) is 0 Å². The molecule has 172 valence electrons. The van der Waals surface area contributed by atoms with Crippen molar-refractivity contribution >= 4 is 27.0 Å². The first-order valence-electron chi connectivity index (χ1n) is 11.1. The molecule has 0 saturated carbocycles. The Morgan fingerprint density at radius 1 is 0.970 bits per heavy atom. The molecule has 0 unspecified atom stereocenters. The normalized spacial score (nSPS) is 11.8. The molecule has 2 aromatic carbocycles. The van der Waals surface area contributed by atoms with Crippen molar-refractivity contribution in [2.75, 3.05) is 24.2 Å². The largest absolute Gasteiger partial charge is 0.367 e. The number of hydrogen-bond donors (Lipinski definition) is 3. The lowest BCUT2D eigenvalue weighted by Gasteiger charge is -2.19. The summed E-state index contributed by atoms with van der Waals surface area (Å²) in [6, 6.07) is 20.7. The molecule has 4 aromatic rings. The number of hydrogen-bond acceptors (Lipinski definition) is 6. The first-order valence-corrected chi connectivity index (χ1v) is 12.7. The van der Waals surface area contributed by atoms with Crippen LogP contribution in [0.5, 0.6) is 0 Å². The fourth-order valence-electron chi connectivity index (χ4n) is 3.77.